The van der Waals surface area contributed by atoms with Gasteiger partial charge in [0.1, 0.15) is 18.2 Å². The highest BCUT2D eigenvalue weighted by Crippen LogP contribution is 2.55. The number of ether oxygens (including phenoxy) is 2. The lowest BCUT2D eigenvalue weighted by molar-refractivity contribution is -0.347. The first-order valence-electron chi connectivity index (χ1n) is 6.46. The number of carboxylic acid groups (broad SMARTS) is 1. The van der Waals surface area contributed by atoms with E-state index in [2.05, 4.69) is 4.74 Å². The van der Waals surface area contributed by atoms with Crippen LogP contribution >= 0.6 is 0 Å². The van der Waals surface area contributed by atoms with Gasteiger partial charge in [-0.25, -0.2) is 4.79 Å². The molecule has 22 heavy (non-hydrogen) atoms. The molecule has 0 aromatic rings. The second-order valence-corrected chi connectivity index (χ2v) is 5.71. The second-order valence-electron chi connectivity index (χ2n) is 5.71. The van der Waals surface area contributed by atoms with Crippen LogP contribution < -0.4 is 5.11 Å². The Bertz CT molecular complexity index is 562. The minimum absolute atomic E-state index is 0.264. The van der Waals surface area contributed by atoms with E-state index in [-0.39, 0.29) is 18.3 Å². The number of alkyl halides is 4. The molecule has 6 nitrogen and oxygen atoms in total. The van der Waals surface area contributed by atoms with Gasteiger partial charge in [-0.3, -0.25) is 4.79 Å². The van der Waals surface area contributed by atoms with Crippen molar-refractivity contribution >= 4 is 17.9 Å². The second kappa shape index (κ2) is 4.32. The van der Waals surface area contributed by atoms with Crippen molar-refractivity contribution in [3.63, 3.8) is 0 Å². The van der Waals surface area contributed by atoms with Crippen molar-refractivity contribution in [2.75, 3.05) is 0 Å². The third-order valence-corrected chi connectivity index (χ3v) is 4.56. The first-order valence-corrected chi connectivity index (χ1v) is 6.46. The molecule has 2 aliphatic carbocycles. The predicted octanol–water partition coefficient (Wildman–Crippen LogP) is -0.500. The van der Waals surface area contributed by atoms with Gasteiger partial charge < -0.3 is 19.4 Å². The summed E-state index contributed by atoms with van der Waals surface area (Å²) in [6.45, 7) is 0. The van der Waals surface area contributed by atoms with Crippen molar-refractivity contribution in [2.45, 2.75) is 36.9 Å². The maximum atomic E-state index is 13.3. The van der Waals surface area contributed by atoms with E-state index in [1.54, 1.807) is 0 Å². The minimum Gasteiger partial charge on any atom is -0.544 e. The molecular formula is C12H9F4O6-. The van der Waals surface area contributed by atoms with Crippen molar-refractivity contribution in [1.29, 1.82) is 0 Å². The predicted molar refractivity (Wildman–Crippen MR) is 54.4 cm³/mol. The highest BCUT2D eigenvalue weighted by Gasteiger charge is 2.68. The zero-order valence-electron chi connectivity index (χ0n) is 10.8. The van der Waals surface area contributed by atoms with E-state index in [9.17, 15) is 37.1 Å². The Morgan fingerprint density at radius 2 is 1.82 bits per heavy atom. The van der Waals surface area contributed by atoms with Gasteiger partial charge >= 0.3 is 23.8 Å². The molecule has 0 aromatic heterocycles. The van der Waals surface area contributed by atoms with E-state index < -0.39 is 47.9 Å². The van der Waals surface area contributed by atoms with Crippen LogP contribution in [0.2, 0.25) is 0 Å². The Hall–Kier alpha value is -1.87. The zero-order valence-corrected chi connectivity index (χ0v) is 10.8. The van der Waals surface area contributed by atoms with Gasteiger partial charge in [-0.05, 0) is 12.8 Å². The molecule has 10 heteroatoms. The highest BCUT2D eigenvalue weighted by atomic mass is 19.3. The lowest BCUT2D eigenvalue weighted by Crippen LogP contribution is -2.58. The van der Waals surface area contributed by atoms with E-state index in [0.717, 1.165) is 0 Å². The molecule has 2 bridgehead atoms. The molecule has 5 unspecified atom stereocenters. The Balaban J connectivity index is 1.76. The average molecular weight is 325 g/mol. The minimum atomic E-state index is -5.70. The molecule has 1 saturated heterocycles. The maximum absolute atomic E-state index is 13.3. The first-order chi connectivity index (χ1) is 10.1. The SMILES string of the molecule is O=C1OC2C3CC(CC13)C2OC(=O)C(F)(F)C(F)(F)C(=O)[O-]. The summed E-state index contributed by atoms with van der Waals surface area (Å²) in [6.07, 6.45) is -1.53. The normalized spacial score (nSPS) is 36.4. The van der Waals surface area contributed by atoms with Crippen LogP contribution in [0.3, 0.4) is 0 Å². The van der Waals surface area contributed by atoms with Crippen LogP contribution in [-0.4, -0.2) is 42.0 Å². The fourth-order valence-electron chi connectivity index (χ4n) is 3.52. The largest absolute Gasteiger partial charge is 0.544 e. The third-order valence-electron chi connectivity index (χ3n) is 4.56. The number of hydrogen-bond acceptors (Lipinski definition) is 6. The summed E-state index contributed by atoms with van der Waals surface area (Å²) < 4.78 is 61.7. The van der Waals surface area contributed by atoms with Crippen LogP contribution in [0.4, 0.5) is 17.6 Å². The van der Waals surface area contributed by atoms with Gasteiger partial charge in [0.05, 0.1) is 5.92 Å². The maximum Gasteiger partial charge on any atom is 0.410 e. The number of fused-ring (bicyclic) bond motifs is 1. The van der Waals surface area contributed by atoms with Crippen molar-refractivity contribution < 1.29 is 46.5 Å². The molecule has 2 saturated carbocycles. The van der Waals surface area contributed by atoms with E-state index in [0.29, 0.717) is 6.42 Å². The van der Waals surface area contributed by atoms with Gasteiger partial charge in [0.25, 0.3) is 0 Å². The van der Waals surface area contributed by atoms with Crippen molar-refractivity contribution in [1.82, 2.24) is 0 Å². The number of hydrogen-bond donors (Lipinski definition) is 0. The molecule has 0 spiro atoms. The summed E-state index contributed by atoms with van der Waals surface area (Å²) in [5.41, 5.74) is 0. The van der Waals surface area contributed by atoms with E-state index in [1.165, 1.54) is 0 Å². The summed E-state index contributed by atoms with van der Waals surface area (Å²) in [7, 11) is 0. The van der Waals surface area contributed by atoms with E-state index >= 15 is 0 Å². The average Bonchev–Trinajstić information content (AvgIpc) is 3.02. The van der Waals surface area contributed by atoms with Gasteiger partial charge in [-0.1, -0.05) is 0 Å². The van der Waals surface area contributed by atoms with Crippen LogP contribution in [0.1, 0.15) is 12.8 Å². The summed E-state index contributed by atoms with van der Waals surface area (Å²) in [4.78, 5) is 32.9. The van der Waals surface area contributed by atoms with Gasteiger partial charge in [0, 0.05) is 11.8 Å². The fraction of sp³-hybridized carbons (Fsp3) is 0.750. The number of carbonyl (C=O) groups is 3. The van der Waals surface area contributed by atoms with Crippen LogP contribution in [0.5, 0.6) is 0 Å². The molecule has 5 atom stereocenters. The van der Waals surface area contributed by atoms with Crippen LogP contribution in [-0.2, 0) is 23.9 Å². The van der Waals surface area contributed by atoms with Gasteiger partial charge in [0.15, 0.2) is 0 Å². The first kappa shape index (κ1) is 15.0. The molecule has 1 aliphatic heterocycles. The smallest absolute Gasteiger partial charge is 0.410 e. The van der Waals surface area contributed by atoms with Crippen molar-refractivity contribution in [3.8, 4) is 0 Å². The summed E-state index contributed by atoms with van der Waals surface area (Å²) >= 11 is 0. The van der Waals surface area contributed by atoms with Gasteiger partial charge in [-0.15, -0.1) is 0 Å². The van der Waals surface area contributed by atoms with Crippen LogP contribution in [0, 0.1) is 17.8 Å². The summed E-state index contributed by atoms with van der Waals surface area (Å²) in [5.74, 6) is -19.0. The van der Waals surface area contributed by atoms with Crippen molar-refractivity contribution in [2.24, 2.45) is 17.8 Å². The zero-order chi connectivity index (χ0) is 16.4. The number of rotatable bonds is 4. The molecule has 0 N–H and O–H groups in total. The molecule has 1 heterocycles. The number of esters is 2. The standard InChI is InChI=1S/C12H10F4O6/c13-11(14,9(18)19)12(15,16)10(20)22-6-3-1-4-5(2-3)8(17)21-7(4)6/h3-7H,1-2H2,(H,18,19)/p-1. The Morgan fingerprint density at radius 1 is 1.18 bits per heavy atom. The highest BCUT2D eigenvalue weighted by molar-refractivity contribution is 5.88. The van der Waals surface area contributed by atoms with E-state index in [1.807, 2.05) is 0 Å². The van der Waals surface area contributed by atoms with Crippen molar-refractivity contribution in [3.05, 3.63) is 0 Å². The molecule has 122 valence electrons. The van der Waals surface area contributed by atoms with E-state index in [4.69, 9.17) is 4.74 Å². The molecular weight excluding hydrogens is 316 g/mol. The van der Waals surface area contributed by atoms with Gasteiger partial charge in [-0.2, -0.15) is 17.6 Å². The molecule has 0 amide bonds. The molecule has 3 rings (SSSR count). The van der Waals surface area contributed by atoms with Gasteiger partial charge in [0.2, 0.25) is 0 Å². The lowest BCUT2D eigenvalue weighted by atomic mass is 9.88. The quantitative estimate of drug-likeness (QED) is 0.511. The lowest BCUT2D eigenvalue weighted by Gasteiger charge is -2.30. The summed E-state index contributed by atoms with van der Waals surface area (Å²) in [6, 6.07) is 0. The molecule has 3 aliphatic rings. The van der Waals surface area contributed by atoms with Crippen LogP contribution in [0.15, 0.2) is 0 Å². The molecule has 3 fully saturated rings. The number of aliphatic carboxylic acids is 1. The summed E-state index contributed by atoms with van der Waals surface area (Å²) in [5, 5.41) is 10.1. The van der Waals surface area contributed by atoms with Crippen LogP contribution in [0.25, 0.3) is 0 Å². The Labute approximate surface area is 120 Å². The molecule has 0 aromatic carbocycles. The Kier molecular flexibility index (Phi) is 2.96. The topological polar surface area (TPSA) is 92.7 Å². The number of halogens is 4. The molecule has 0 radical (unpaired) electrons. The third kappa shape index (κ3) is 1.75. The monoisotopic (exact) mass is 325 g/mol. The Morgan fingerprint density at radius 3 is 2.41 bits per heavy atom. The fourth-order valence-corrected chi connectivity index (χ4v) is 3.52. The number of carboxylic acids is 1. The number of carbonyl (C=O) groups excluding carboxylic acids is 3.